The van der Waals surface area contributed by atoms with Gasteiger partial charge < -0.3 is 5.73 Å². The predicted octanol–water partition coefficient (Wildman–Crippen LogP) is 3.62. The van der Waals surface area contributed by atoms with Gasteiger partial charge in [-0.3, -0.25) is 4.68 Å². The molecule has 2 N–H and O–H groups in total. The molecule has 2 rings (SSSR count). The average molecular weight is 377 g/mol. The van der Waals surface area contributed by atoms with Crippen LogP contribution in [0.1, 0.15) is 24.2 Å². The van der Waals surface area contributed by atoms with Crippen molar-refractivity contribution < 1.29 is 4.39 Å². The van der Waals surface area contributed by atoms with Gasteiger partial charge in [0.25, 0.3) is 0 Å². The van der Waals surface area contributed by atoms with Crippen molar-refractivity contribution in [3.8, 4) is 0 Å². The largest absolute Gasteiger partial charge is 0.319 e. The van der Waals surface area contributed by atoms with Crippen molar-refractivity contribution >= 4 is 31.9 Å². The quantitative estimate of drug-likeness (QED) is 0.889. The van der Waals surface area contributed by atoms with Crippen molar-refractivity contribution in [3.05, 3.63) is 50.4 Å². The summed E-state index contributed by atoms with van der Waals surface area (Å²) in [5.41, 5.74) is 7.75. The van der Waals surface area contributed by atoms with Gasteiger partial charge in [0.15, 0.2) is 0 Å². The summed E-state index contributed by atoms with van der Waals surface area (Å²) in [4.78, 5) is 0. The van der Waals surface area contributed by atoms with E-state index in [-0.39, 0.29) is 5.82 Å². The Balaban J connectivity index is 2.47. The Hall–Kier alpha value is -0.720. The standard InChI is InChI=1S/C12H12Br2FN3/c1-2-18-12(10(14)6-17-18)11(16)7-3-8(13)5-9(15)4-7/h3-6,11H,2,16H2,1H3. The molecule has 1 heterocycles. The maximum absolute atomic E-state index is 13.4. The minimum absolute atomic E-state index is 0.312. The summed E-state index contributed by atoms with van der Waals surface area (Å²) in [6.45, 7) is 2.70. The van der Waals surface area contributed by atoms with Gasteiger partial charge in [-0.2, -0.15) is 5.10 Å². The number of aryl methyl sites for hydroxylation is 1. The van der Waals surface area contributed by atoms with Crippen molar-refractivity contribution in [2.24, 2.45) is 5.73 Å². The second kappa shape index (κ2) is 5.50. The first-order valence-electron chi connectivity index (χ1n) is 5.45. The molecule has 0 aliphatic rings. The van der Waals surface area contributed by atoms with E-state index in [1.165, 1.54) is 12.1 Å². The fraction of sp³-hybridized carbons (Fsp3) is 0.250. The molecule has 0 amide bonds. The summed E-state index contributed by atoms with van der Waals surface area (Å²) >= 11 is 6.69. The molecule has 1 unspecified atom stereocenters. The van der Waals surface area contributed by atoms with Crippen LogP contribution >= 0.6 is 31.9 Å². The lowest BCUT2D eigenvalue weighted by atomic mass is 10.0. The van der Waals surface area contributed by atoms with E-state index < -0.39 is 6.04 Å². The summed E-state index contributed by atoms with van der Waals surface area (Å²) in [7, 11) is 0. The van der Waals surface area contributed by atoms with Crippen molar-refractivity contribution in [2.45, 2.75) is 19.5 Å². The molecule has 0 bridgehead atoms. The Bertz CT molecular complexity index is 548. The highest BCUT2D eigenvalue weighted by Gasteiger charge is 2.18. The third kappa shape index (κ3) is 2.65. The molecule has 6 heteroatoms. The molecule has 1 atom stereocenters. The first-order chi connectivity index (χ1) is 8.52. The molecule has 3 nitrogen and oxygen atoms in total. The van der Waals surface area contributed by atoms with E-state index in [4.69, 9.17) is 5.73 Å². The van der Waals surface area contributed by atoms with Crippen molar-refractivity contribution in [1.29, 1.82) is 0 Å². The summed E-state index contributed by atoms with van der Waals surface area (Å²) < 4.78 is 16.7. The minimum atomic E-state index is -0.422. The number of nitrogens with zero attached hydrogens (tertiary/aromatic N) is 2. The third-order valence-electron chi connectivity index (χ3n) is 2.67. The second-order valence-electron chi connectivity index (χ2n) is 3.87. The van der Waals surface area contributed by atoms with E-state index >= 15 is 0 Å². The van der Waals surface area contributed by atoms with Crippen molar-refractivity contribution in [2.75, 3.05) is 0 Å². The molecule has 1 aromatic heterocycles. The molecule has 0 saturated heterocycles. The monoisotopic (exact) mass is 375 g/mol. The zero-order valence-corrected chi connectivity index (χ0v) is 12.9. The number of benzene rings is 1. The molecule has 0 aliphatic carbocycles. The zero-order valence-electron chi connectivity index (χ0n) is 9.70. The van der Waals surface area contributed by atoms with Gasteiger partial charge in [0.05, 0.1) is 22.4 Å². The van der Waals surface area contributed by atoms with E-state index in [1.54, 1.807) is 10.9 Å². The highest BCUT2D eigenvalue weighted by molar-refractivity contribution is 9.10. The molecular formula is C12H12Br2FN3. The first-order valence-corrected chi connectivity index (χ1v) is 7.04. The van der Waals surface area contributed by atoms with Crippen LogP contribution in [0.15, 0.2) is 33.3 Å². The van der Waals surface area contributed by atoms with Gasteiger partial charge in [-0.15, -0.1) is 0 Å². The third-order valence-corrected chi connectivity index (χ3v) is 3.74. The molecule has 0 saturated carbocycles. The Labute approximate surface area is 121 Å². The molecule has 0 radical (unpaired) electrons. The highest BCUT2D eigenvalue weighted by Crippen LogP contribution is 2.28. The smallest absolute Gasteiger partial charge is 0.124 e. The van der Waals surface area contributed by atoms with Gasteiger partial charge in [0.1, 0.15) is 5.82 Å². The van der Waals surface area contributed by atoms with Gasteiger partial charge in [-0.25, -0.2) is 4.39 Å². The lowest BCUT2D eigenvalue weighted by Crippen LogP contribution is -2.18. The van der Waals surface area contributed by atoms with Gasteiger partial charge >= 0.3 is 0 Å². The van der Waals surface area contributed by atoms with Crippen LogP contribution in [-0.2, 0) is 6.54 Å². The molecule has 0 spiro atoms. The van der Waals surface area contributed by atoms with Crippen LogP contribution in [-0.4, -0.2) is 9.78 Å². The number of hydrogen-bond acceptors (Lipinski definition) is 2. The van der Waals surface area contributed by atoms with Crippen LogP contribution in [0.3, 0.4) is 0 Å². The molecule has 18 heavy (non-hydrogen) atoms. The van der Waals surface area contributed by atoms with Crippen LogP contribution in [0.2, 0.25) is 0 Å². The van der Waals surface area contributed by atoms with Crippen LogP contribution < -0.4 is 5.73 Å². The van der Waals surface area contributed by atoms with Crippen molar-refractivity contribution in [3.63, 3.8) is 0 Å². The fourth-order valence-corrected chi connectivity index (χ4v) is 2.87. The van der Waals surface area contributed by atoms with E-state index in [2.05, 4.69) is 37.0 Å². The van der Waals surface area contributed by atoms with E-state index in [0.717, 1.165) is 10.2 Å². The predicted molar refractivity (Wildman–Crippen MR) is 75.7 cm³/mol. The van der Waals surface area contributed by atoms with E-state index in [0.29, 0.717) is 16.6 Å². The van der Waals surface area contributed by atoms with Gasteiger partial charge in [-0.1, -0.05) is 15.9 Å². The summed E-state index contributed by atoms with van der Waals surface area (Å²) in [5, 5.41) is 4.21. The number of aromatic nitrogens is 2. The summed E-state index contributed by atoms with van der Waals surface area (Å²) in [6, 6.07) is 4.23. The maximum Gasteiger partial charge on any atom is 0.124 e. The molecule has 96 valence electrons. The molecule has 0 fully saturated rings. The average Bonchev–Trinajstić information content (AvgIpc) is 2.68. The lowest BCUT2D eigenvalue weighted by molar-refractivity contribution is 0.593. The SMILES string of the molecule is CCn1ncc(Br)c1C(N)c1cc(F)cc(Br)c1. The van der Waals surface area contributed by atoms with Gasteiger partial charge in [0, 0.05) is 11.0 Å². The lowest BCUT2D eigenvalue weighted by Gasteiger charge is -2.15. The number of hydrogen-bond donors (Lipinski definition) is 1. The summed E-state index contributed by atoms with van der Waals surface area (Å²) in [6.07, 6.45) is 1.70. The Morgan fingerprint density at radius 3 is 2.72 bits per heavy atom. The highest BCUT2D eigenvalue weighted by atomic mass is 79.9. The normalized spacial score (nSPS) is 12.7. The number of nitrogens with two attached hydrogens (primary N) is 1. The van der Waals surface area contributed by atoms with E-state index in [1.807, 2.05) is 13.0 Å². The molecule has 1 aromatic carbocycles. The second-order valence-corrected chi connectivity index (χ2v) is 5.64. The minimum Gasteiger partial charge on any atom is -0.319 e. The Morgan fingerprint density at radius 2 is 2.11 bits per heavy atom. The summed E-state index contributed by atoms with van der Waals surface area (Å²) in [5.74, 6) is -0.312. The zero-order chi connectivity index (χ0) is 13.3. The Kier molecular flexibility index (Phi) is 4.19. The van der Waals surface area contributed by atoms with Crippen LogP contribution in [0.25, 0.3) is 0 Å². The Morgan fingerprint density at radius 1 is 1.39 bits per heavy atom. The molecule has 0 aliphatic heterocycles. The molecule has 2 aromatic rings. The van der Waals surface area contributed by atoms with Crippen LogP contribution in [0.5, 0.6) is 0 Å². The van der Waals surface area contributed by atoms with Crippen LogP contribution in [0.4, 0.5) is 4.39 Å². The van der Waals surface area contributed by atoms with Gasteiger partial charge in [0.2, 0.25) is 0 Å². The van der Waals surface area contributed by atoms with Gasteiger partial charge in [-0.05, 0) is 46.6 Å². The fourth-order valence-electron chi connectivity index (χ4n) is 1.85. The van der Waals surface area contributed by atoms with E-state index in [9.17, 15) is 4.39 Å². The van der Waals surface area contributed by atoms with Crippen molar-refractivity contribution in [1.82, 2.24) is 9.78 Å². The van der Waals surface area contributed by atoms with Crippen LogP contribution in [0, 0.1) is 5.82 Å². The number of rotatable bonds is 3. The maximum atomic E-state index is 13.4. The first kappa shape index (κ1) is 13.7. The molecular weight excluding hydrogens is 365 g/mol. The topological polar surface area (TPSA) is 43.8 Å². The number of halogens is 3.